The molecule has 6 heterocycles. The first-order valence-electron chi connectivity index (χ1n) is 20.4. The number of ether oxygens (including phenoxy) is 2. The van der Waals surface area contributed by atoms with Crippen molar-refractivity contribution in [2.45, 2.75) is 88.9 Å². The number of benzene rings is 2. The lowest BCUT2D eigenvalue weighted by Crippen LogP contribution is -2.52. The van der Waals surface area contributed by atoms with Crippen molar-refractivity contribution in [2.24, 2.45) is 5.41 Å². The third kappa shape index (κ3) is 6.00. The predicted octanol–water partition coefficient (Wildman–Crippen LogP) is 6.13. The number of aromatic nitrogens is 7. The summed E-state index contributed by atoms with van der Waals surface area (Å²) < 4.78 is 37.7. The first-order valence-corrected chi connectivity index (χ1v) is 20.4. The van der Waals surface area contributed by atoms with E-state index in [1.165, 1.54) is 17.7 Å². The molecule has 3 saturated carbocycles. The molecule has 1 atom stereocenters. The normalized spacial score (nSPS) is 23.5. The first-order chi connectivity index (χ1) is 28.2. The van der Waals surface area contributed by atoms with Gasteiger partial charge < -0.3 is 18.9 Å². The number of halogens is 1. The van der Waals surface area contributed by atoms with Crippen molar-refractivity contribution in [3.63, 3.8) is 0 Å². The monoisotopic (exact) mass is 790 g/mol. The number of nitrogens with zero attached hydrogens (tertiary/aromatic N) is 7. The minimum Gasteiger partial charge on any atom is -0.384 e. The van der Waals surface area contributed by atoms with Gasteiger partial charge in [-0.05, 0) is 118 Å². The number of imidazole rings is 1. The zero-order valence-electron chi connectivity index (χ0n) is 32.8. The molecule has 4 fully saturated rings. The Bertz CT molecular complexity index is 2620. The molecule has 3 aliphatic carbocycles. The highest BCUT2D eigenvalue weighted by Crippen LogP contribution is 2.55. The van der Waals surface area contributed by atoms with E-state index in [1.807, 2.05) is 50.2 Å². The van der Waals surface area contributed by atoms with Crippen LogP contribution < -0.4 is 11.4 Å². The molecule has 4 aromatic heterocycles. The number of methoxy groups -OCH3 is 1. The molecule has 2 bridgehead atoms. The minimum atomic E-state index is -0.668. The maximum atomic E-state index is 15.0. The van der Waals surface area contributed by atoms with Crippen molar-refractivity contribution in [1.29, 1.82) is 0 Å². The average Bonchev–Trinajstić information content (AvgIpc) is 4.03. The summed E-state index contributed by atoms with van der Waals surface area (Å²) in [5.74, 6) is -0.590. The minimum absolute atomic E-state index is 0.115. The lowest BCUT2D eigenvalue weighted by molar-refractivity contribution is -0.0478. The van der Waals surface area contributed by atoms with Crippen LogP contribution in [0.1, 0.15) is 97.8 Å². The van der Waals surface area contributed by atoms with Crippen molar-refractivity contribution in [1.82, 2.24) is 38.5 Å². The maximum Gasteiger partial charge on any atom is 0.438 e. The zero-order valence-corrected chi connectivity index (χ0v) is 32.8. The molecule has 5 aliphatic rings. The second-order valence-corrected chi connectivity index (χ2v) is 16.8. The van der Waals surface area contributed by atoms with E-state index >= 15 is 4.79 Å². The van der Waals surface area contributed by atoms with E-state index in [1.54, 1.807) is 23.8 Å². The molecule has 15 heteroatoms. The number of nitrogens with one attached hydrogen (secondary N) is 1. The molecular weight excluding hydrogens is 744 g/mol. The van der Waals surface area contributed by atoms with Crippen molar-refractivity contribution in [3.05, 3.63) is 111 Å². The van der Waals surface area contributed by atoms with Crippen LogP contribution >= 0.6 is 0 Å². The molecule has 11 rings (SSSR count). The van der Waals surface area contributed by atoms with Crippen molar-refractivity contribution >= 4 is 16.8 Å². The topological polar surface area (TPSA) is 147 Å². The van der Waals surface area contributed by atoms with Crippen LogP contribution in [0.2, 0.25) is 0 Å². The van der Waals surface area contributed by atoms with E-state index < -0.39 is 11.8 Å². The standard InChI is InChI=1S/C43H47FN8O6/c1-27-37-38(49-17-19-51(41(49)55)43-14-11-42(12-15-43,13-16-43)26-56-2)36(29-3-6-32(44)7-4-29)46-52(37)20-18-48(27)39(53)34-24-31-23-30(28-9-21-57-22-10-28)5-8-33(31)50(34)25-35-45-40(54)58-47-35/h3-8,17,19,23-24,27-28H,9-16,18,20-22,25-26H2,1-2H3,(H,45,47,54)/t27-,42?,43?/m0/s1. The molecule has 0 spiro atoms. The average molecular weight is 791 g/mol. The van der Waals surface area contributed by atoms with Crippen LogP contribution in [0.3, 0.4) is 0 Å². The highest BCUT2D eigenvalue weighted by Gasteiger charge is 2.50. The Hall–Kier alpha value is -5.54. The van der Waals surface area contributed by atoms with Crippen LogP contribution in [0.4, 0.5) is 4.39 Å². The fourth-order valence-electron chi connectivity index (χ4n) is 10.5. The lowest BCUT2D eigenvalue weighted by Gasteiger charge is -2.53. The molecule has 0 unspecified atom stereocenters. The highest BCUT2D eigenvalue weighted by atomic mass is 19.1. The number of fused-ring (bicyclic) bond motifs is 5. The number of aromatic amines is 1. The highest BCUT2D eigenvalue weighted by molar-refractivity contribution is 5.99. The molecule has 0 radical (unpaired) electrons. The van der Waals surface area contributed by atoms with Gasteiger partial charge in [0.1, 0.15) is 22.9 Å². The summed E-state index contributed by atoms with van der Waals surface area (Å²) in [5, 5.41) is 9.88. The fraction of sp³-hybridized carbons (Fsp3) is 0.465. The lowest BCUT2D eigenvalue weighted by atomic mass is 9.57. The van der Waals surface area contributed by atoms with E-state index in [-0.39, 0.29) is 34.9 Å². The number of rotatable bonds is 9. The molecule has 1 N–H and O–H groups in total. The molecule has 58 heavy (non-hydrogen) atoms. The largest absolute Gasteiger partial charge is 0.438 e. The molecule has 1 amide bonds. The first kappa shape index (κ1) is 36.8. The predicted molar refractivity (Wildman–Crippen MR) is 212 cm³/mol. The maximum absolute atomic E-state index is 15.0. The summed E-state index contributed by atoms with van der Waals surface area (Å²) in [5.41, 5.74) is 4.72. The van der Waals surface area contributed by atoms with Crippen molar-refractivity contribution in [2.75, 3.05) is 33.5 Å². The van der Waals surface area contributed by atoms with E-state index in [9.17, 15) is 14.0 Å². The molecular formula is C43H47FN8O6. The summed E-state index contributed by atoms with van der Waals surface area (Å²) in [6.45, 7) is 4.99. The summed E-state index contributed by atoms with van der Waals surface area (Å²) in [4.78, 5) is 46.2. The van der Waals surface area contributed by atoms with Gasteiger partial charge in [-0.2, -0.15) is 5.10 Å². The van der Waals surface area contributed by atoms with Crippen LogP contribution in [0.5, 0.6) is 0 Å². The van der Waals surface area contributed by atoms with Gasteiger partial charge in [0, 0.05) is 61.3 Å². The Morgan fingerprint density at radius 3 is 2.45 bits per heavy atom. The van der Waals surface area contributed by atoms with E-state index in [0.717, 1.165) is 68.9 Å². The van der Waals surface area contributed by atoms with Crippen molar-refractivity contribution in [3.8, 4) is 16.9 Å². The van der Waals surface area contributed by atoms with Gasteiger partial charge in [0.25, 0.3) is 5.91 Å². The SMILES string of the molecule is COCC12CCC(n3ccn(-c4c(-c5ccc(F)cc5)nn5c4[C@H](C)N(C(=O)c4cc6cc(C7CCOCC7)ccc6n4Cc4noc(=O)[nH]4)CC5)c3=O)(CC1)CC2. The Morgan fingerprint density at radius 1 is 0.983 bits per heavy atom. The van der Waals surface area contributed by atoms with Gasteiger partial charge in [0.15, 0.2) is 5.82 Å². The van der Waals surface area contributed by atoms with Gasteiger partial charge in [-0.15, -0.1) is 0 Å². The third-order valence-corrected chi connectivity index (χ3v) is 13.7. The van der Waals surface area contributed by atoms with Crippen LogP contribution in [0, 0.1) is 11.2 Å². The number of amides is 1. The zero-order chi connectivity index (χ0) is 39.8. The summed E-state index contributed by atoms with van der Waals surface area (Å²) >= 11 is 0. The smallest absolute Gasteiger partial charge is 0.384 e. The van der Waals surface area contributed by atoms with Gasteiger partial charge >= 0.3 is 11.4 Å². The van der Waals surface area contributed by atoms with E-state index in [2.05, 4.69) is 22.3 Å². The van der Waals surface area contributed by atoms with Crippen LogP contribution in [-0.2, 0) is 28.1 Å². The van der Waals surface area contributed by atoms with Gasteiger partial charge in [-0.3, -0.25) is 28.1 Å². The van der Waals surface area contributed by atoms with E-state index in [0.29, 0.717) is 66.4 Å². The number of carbonyl (C=O) groups is 1. The number of carbonyl (C=O) groups excluding carboxylic acids is 1. The third-order valence-electron chi connectivity index (χ3n) is 13.7. The summed E-state index contributed by atoms with van der Waals surface area (Å²) in [6, 6.07) is 13.9. The second kappa shape index (κ2) is 14.1. The molecule has 302 valence electrons. The molecule has 6 aromatic rings. The second-order valence-electron chi connectivity index (χ2n) is 16.8. The number of H-pyrrole nitrogens is 1. The molecule has 14 nitrogen and oxygen atoms in total. The summed E-state index contributed by atoms with van der Waals surface area (Å²) in [7, 11) is 1.77. The Morgan fingerprint density at radius 2 is 1.74 bits per heavy atom. The van der Waals surface area contributed by atoms with Crippen LogP contribution in [0.15, 0.2) is 75.0 Å². The van der Waals surface area contributed by atoms with Gasteiger partial charge in [0.05, 0.1) is 31.4 Å². The van der Waals surface area contributed by atoms with E-state index in [4.69, 9.17) is 19.1 Å². The van der Waals surface area contributed by atoms with Gasteiger partial charge in [0.2, 0.25) is 0 Å². The van der Waals surface area contributed by atoms with Crippen LogP contribution in [-0.4, -0.2) is 77.9 Å². The Kier molecular flexibility index (Phi) is 8.93. The Labute approximate surface area is 333 Å². The quantitative estimate of drug-likeness (QED) is 0.184. The fourth-order valence-corrected chi connectivity index (χ4v) is 10.5. The number of hydrogen-bond acceptors (Lipinski definition) is 8. The molecule has 2 aliphatic heterocycles. The molecule has 2 aromatic carbocycles. The number of hydrogen-bond donors (Lipinski definition) is 1. The Balaban J connectivity index is 1.05. The molecule has 1 saturated heterocycles. The van der Waals surface area contributed by atoms with Crippen molar-refractivity contribution < 1.29 is 23.2 Å². The van der Waals surface area contributed by atoms with Gasteiger partial charge in [-0.25, -0.2) is 14.0 Å². The van der Waals surface area contributed by atoms with Crippen LogP contribution in [0.25, 0.3) is 27.8 Å². The summed E-state index contributed by atoms with van der Waals surface area (Å²) in [6.07, 6.45) is 11.4. The van der Waals surface area contributed by atoms with Gasteiger partial charge in [-0.1, -0.05) is 11.2 Å².